The molecule has 1 aliphatic carbocycles. The number of nitrogens with one attached hydrogen (secondary N) is 1. The van der Waals surface area contributed by atoms with Crippen LogP contribution in [0.3, 0.4) is 0 Å². The molecule has 1 aliphatic rings. The summed E-state index contributed by atoms with van der Waals surface area (Å²) in [6.07, 6.45) is 3.21. The topological polar surface area (TPSA) is 108 Å². The van der Waals surface area contributed by atoms with E-state index >= 15 is 0 Å². The largest absolute Gasteiger partial charge is 0.760 e. The number of nitrogens with two attached hydrogens (primary N) is 1. The van der Waals surface area contributed by atoms with Crippen molar-refractivity contribution >= 4 is 16.9 Å². The van der Waals surface area contributed by atoms with Crippen LogP contribution < -0.4 is 10.5 Å². The molecule has 2 aromatic heterocycles. The second kappa shape index (κ2) is 7.97. The zero-order valence-corrected chi connectivity index (χ0v) is 17.6. The minimum atomic E-state index is -2.35. The first-order valence-corrected chi connectivity index (χ1v) is 11.3. The highest BCUT2D eigenvalue weighted by atomic mass is 32.2. The summed E-state index contributed by atoms with van der Waals surface area (Å²) in [4.78, 5) is 4.85. The molecule has 31 heavy (non-hydrogen) atoms. The number of fused-ring (bicyclic) bond motifs is 1. The van der Waals surface area contributed by atoms with Crippen LogP contribution in [0.25, 0.3) is 28.2 Å². The van der Waals surface area contributed by atoms with Crippen molar-refractivity contribution in [2.45, 2.75) is 31.3 Å². The van der Waals surface area contributed by atoms with Gasteiger partial charge in [0.2, 0.25) is 0 Å². The van der Waals surface area contributed by atoms with Gasteiger partial charge in [-0.25, -0.2) is 14.2 Å². The molecule has 3 N–H and O–H groups in total. The molecule has 1 fully saturated rings. The minimum Gasteiger partial charge on any atom is -0.760 e. The Hall–Kier alpha value is -2.91. The SMILES string of the molecule is NC1(c2ccc(-c3nc4ccc(CNS(=O)[O-])nn4c3-c3ccccc3)cc2)CCC1. The monoisotopic (exact) mass is 432 g/mol. The summed E-state index contributed by atoms with van der Waals surface area (Å²) in [7, 11) is 0. The van der Waals surface area contributed by atoms with Crippen molar-refractivity contribution < 1.29 is 8.76 Å². The molecule has 2 aromatic carbocycles. The summed E-state index contributed by atoms with van der Waals surface area (Å²) in [5, 5.41) is 4.65. The van der Waals surface area contributed by atoms with Crippen LogP contribution >= 0.6 is 0 Å². The summed E-state index contributed by atoms with van der Waals surface area (Å²) in [5.41, 5.74) is 12.4. The number of aromatic nitrogens is 3. The van der Waals surface area contributed by atoms with E-state index < -0.39 is 11.3 Å². The van der Waals surface area contributed by atoms with E-state index in [1.54, 1.807) is 10.6 Å². The van der Waals surface area contributed by atoms with Gasteiger partial charge in [0.05, 0.1) is 17.9 Å². The van der Waals surface area contributed by atoms with E-state index in [1.807, 2.05) is 36.4 Å². The lowest BCUT2D eigenvalue weighted by Crippen LogP contribution is -2.43. The highest BCUT2D eigenvalue weighted by Crippen LogP contribution is 2.40. The van der Waals surface area contributed by atoms with Crippen molar-refractivity contribution in [3.63, 3.8) is 0 Å². The number of hydrogen-bond donors (Lipinski definition) is 2. The van der Waals surface area contributed by atoms with Crippen molar-refractivity contribution in [3.8, 4) is 22.5 Å². The predicted octanol–water partition coefficient (Wildman–Crippen LogP) is 3.28. The van der Waals surface area contributed by atoms with E-state index in [0.29, 0.717) is 11.3 Å². The number of benzene rings is 2. The number of rotatable bonds is 6. The van der Waals surface area contributed by atoms with Crippen LogP contribution in [0.2, 0.25) is 0 Å². The Balaban J connectivity index is 1.62. The summed E-state index contributed by atoms with van der Waals surface area (Å²) in [6, 6.07) is 21.9. The predicted molar refractivity (Wildman–Crippen MR) is 119 cm³/mol. The molecule has 4 aromatic rings. The van der Waals surface area contributed by atoms with Gasteiger partial charge in [0, 0.05) is 27.9 Å². The Labute approximate surface area is 182 Å². The molecule has 0 aliphatic heterocycles. The minimum absolute atomic E-state index is 0.112. The molecular weight excluding hydrogens is 410 g/mol. The van der Waals surface area contributed by atoms with Crippen molar-refractivity contribution in [2.24, 2.45) is 5.73 Å². The first-order valence-electron chi connectivity index (χ1n) is 10.2. The van der Waals surface area contributed by atoms with Crippen LogP contribution in [0.5, 0.6) is 0 Å². The van der Waals surface area contributed by atoms with Gasteiger partial charge >= 0.3 is 0 Å². The van der Waals surface area contributed by atoms with E-state index in [-0.39, 0.29) is 12.1 Å². The van der Waals surface area contributed by atoms with Gasteiger partial charge in [0.25, 0.3) is 0 Å². The number of nitrogens with zero attached hydrogens (tertiary/aromatic N) is 3. The van der Waals surface area contributed by atoms with Crippen LogP contribution in [-0.2, 0) is 23.4 Å². The maximum atomic E-state index is 10.9. The molecule has 5 rings (SSSR count). The van der Waals surface area contributed by atoms with Crippen LogP contribution in [0.1, 0.15) is 30.5 Å². The fourth-order valence-corrected chi connectivity index (χ4v) is 4.33. The molecule has 1 saturated carbocycles. The lowest BCUT2D eigenvalue weighted by molar-refractivity contribution is 0.253. The first-order chi connectivity index (χ1) is 15.0. The summed E-state index contributed by atoms with van der Waals surface area (Å²) in [6.45, 7) is 0.112. The molecule has 7 nitrogen and oxygen atoms in total. The average molecular weight is 433 g/mol. The van der Waals surface area contributed by atoms with Crippen LogP contribution in [0, 0.1) is 0 Å². The normalized spacial score (nSPS) is 16.2. The maximum Gasteiger partial charge on any atom is 0.154 e. The smallest absolute Gasteiger partial charge is 0.154 e. The molecular formula is C23H22N5O2S-. The third kappa shape index (κ3) is 3.79. The number of hydrogen-bond acceptors (Lipinski definition) is 5. The highest BCUT2D eigenvalue weighted by molar-refractivity contribution is 7.77. The van der Waals surface area contributed by atoms with Gasteiger partial charge in [0.1, 0.15) is 5.69 Å². The third-order valence-corrected chi connectivity index (χ3v) is 6.31. The lowest BCUT2D eigenvalue weighted by atomic mass is 9.72. The molecule has 8 heteroatoms. The van der Waals surface area contributed by atoms with Crippen molar-refractivity contribution in [2.75, 3.05) is 0 Å². The molecule has 0 saturated heterocycles. The maximum absolute atomic E-state index is 10.9. The van der Waals surface area contributed by atoms with Gasteiger partial charge in [-0.15, -0.1) is 0 Å². The van der Waals surface area contributed by atoms with Gasteiger partial charge < -0.3 is 10.3 Å². The van der Waals surface area contributed by atoms with Gasteiger partial charge in [0.15, 0.2) is 5.65 Å². The van der Waals surface area contributed by atoms with Crippen molar-refractivity contribution in [1.82, 2.24) is 19.3 Å². The van der Waals surface area contributed by atoms with E-state index in [1.165, 1.54) is 6.42 Å². The van der Waals surface area contributed by atoms with Crippen LogP contribution in [-0.4, -0.2) is 23.4 Å². The standard InChI is InChI=1S/C23H23N5O2S/c24-23(13-4-14-23)18-9-7-16(8-10-18)21-22(17-5-2-1-3-6-17)28-20(26-21)12-11-19(27-28)15-25-31(29)30/h1-3,5-12,25H,4,13-15,24H2,(H,29,30)/p-1. The Kier molecular flexibility index (Phi) is 5.15. The van der Waals surface area contributed by atoms with Crippen molar-refractivity contribution in [1.29, 1.82) is 0 Å². The van der Waals surface area contributed by atoms with Gasteiger partial charge in [-0.3, -0.25) is 4.21 Å². The molecule has 0 amide bonds. The third-order valence-electron chi connectivity index (χ3n) is 5.93. The van der Waals surface area contributed by atoms with Gasteiger partial charge in [-0.2, -0.15) is 5.10 Å². The van der Waals surface area contributed by atoms with E-state index in [0.717, 1.165) is 40.9 Å². The zero-order chi connectivity index (χ0) is 21.4. The second-order valence-corrected chi connectivity index (χ2v) is 8.67. The van der Waals surface area contributed by atoms with Gasteiger partial charge in [-0.05, 0) is 37.0 Å². The Morgan fingerprint density at radius 3 is 2.42 bits per heavy atom. The molecule has 0 bridgehead atoms. The van der Waals surface area contributed by atoms with Crippen LogP contribution in [0.15, 0.2) is 66.7 Å². The lowest BCUT2D eigenvalue weighted by Gasteiger charge is -2.38. The van der Waals surface area contributed by atoms with Crippen LogP contribution in [0.4, 0.5) is 0 Å². The average Bonchev–Trinajstić information content (AvgIpc) is 3.15. The molecule has 2 heterocycles. The Morgan fingerprint density at radius 2 is 1.77 bits per heavy atom. The second-order valence-electron chi connectivity index (χ2n) is 7.91. The molecule has 0 spiro atoms. The summed E-state index contributed by atoms with van der Waals surface area (Å²) >= 11 is -2.35. The highest BCUT2D eigenvalue weighted by Gasteiger charge is 2.34. The van der Waals surface area contributed by atoms with Crippen molar-refractivity contribution in [3.05, 3.63) is 78.0 Å². The summed E-state index contributed by atoms with van der Waals surface area (Å²) in [5.74, 6) is 0. The van der Waals surface area contributed by atoms with E-state index in [4.69, 9.17) is 10.7 Å². The van der Waals surface area contributed by atoms with Gasteiger partial charge in [-0.1, -0.05) is 54.6 Å². The fourth-order valence-electron chi connectivity index (χ4n) is 4.06. The van der Waals surface area contributed by atoms with E-state index in [9.17, 15) is 8.76 Å². The molecule has 0 radical (unpaired) electrons. The van der Waals surface area contributed by atoms with E-state index in [2.05, 4.69) is 34.1 Å². The first kappa shape index (κ1) is 20.0. The molecule has 1 unspecified atom stereocenters. The molecule has 158 valence electrons. The molecule has 1 atom stereocenters. The number of imidazole rings is 1. The quantitative estimate of drug-likeness (QED) is 0.455. The Morgan fingerprint density at radius 1 is 1.03 bits per heavy atom. The fraction of sp³-hybridized carbons (Fsp3) is 0.217. The summed E-state index contributed by atoms with van der Waals surface area (Å²) < 4.78 is 25.9. The Bertz CT molecular complexity index is 1250. The zero-order valence-electron chi connectivity index (χ0n) is 16.8.